The Bertz CT molecular complexity index is 251. The topological polar surface area (TPSA) is 26.0 Å². The van der Waals surface area contributed by atoms with Crippen molar-refractivity contribution in [2.45, 2.75) is 25.8 Å². The van der Waals surface area contributed by atoms with Crippen molar-refractivity contribution >= 4 is 15.9 Å². The minimum Gasteiger partial charge on any atom is -0.322 e. The number of nitrogens with two attached hydrogens (primary N) is 1. The highest BCUT2D eigenvalue weighted by Crippen LogP contribution is 2.22. The van der Waals surface area contributed by atoms with Gasteiger partial charge in [0.2, 0.25) is 0 Å². The molecule has 0 amide bonds. The van der Waals surface area contributed by atoms with Crippen LogP contribution in [0.15, 0.2) is 28.7 Å². The van der Waals surface area contributed by atoms with E-state index in [4.69, 9.17) is 5.73 Å². The zero-order valence-electron chi connectivity index (χ0n) is 7.47. The molecule has 1 atom stereocenters. The molecule has 0 aliphatic heterocycles. The van der Waals surface area contributed by atoms with Crippen molar-refractivity contribution in [2.24, 2.45) is 5.73 Å². The molecule has 0 aromatic heterocycles. The second-order valence-electron chi connectivity index (χ2n) is 3.28. The highest BCUT2D eigenvalue weighted by Gasteiger charge is 2.17. The quantitative estimate of drug-likeness (QED) is 0.827. The van der Waals surface area contributed by atoms with E-state index in [1.54, 1.807) is 0 Å². The lowest BCUT2D eigenvalue weighted by molar-refractivity contribution is 0.476. The third kappa shape index (κ3) is 2.08. The largest absolute Gasteiger partial charge is 0.322 e. The van der Waals surface area contributed by atoms with E-state index in [0.29, 0.717) is 0 Å². The van der Waals surface area contributed by atoms with Gasteiger partial charge < -0.3 is 5.73 Å². The first-order valence-corrected chi connectivity index (χ1v) is 4.90. The first-order chi connectivity index (χ1) is 5.56. The number of hydrogen-bond donors (Lipinski definition) is 1. The first kappa shape index (κ1) is 9.75. The minimum atomic E-state index is -0.194. The van der Waals surface area contributed by atoms with Crippen molar-refractivity contribution in [3.05, 3.63) is 34.3 Å². The van der Waals surface area contributed by atoms with Crippen LogP contribution in [-0.2, 0) is 5.54 Å². The molecule has 2 heteroatoms. The summed E-state index contributed by atoms with van der Waals surface area (Å²) in [5.74, 6) is 0. The van der Waals surface area contributed by atoms with Crippen molar-refractivity contribution < 1.29 is 0 Å². The molecule has 0 saturated carbocycles. The van der Waals surface area contributed by atoms with Crippen LogP contribution in [-0.4, -0.2) is 0 Å². The third-order valence-corrected chi connectivity index (χ3v) is 2.77. The van der Waals surface area contributed by atoms with Crippen LogP contribution in [0.25, 0.3) is 0 Å². The van der Waals surface area contributed by atoms with Gasteiger partial charge in [0.25, 0.3) is 0 Å². The molecule has 2 N–H and O–H groups in total. The summed E-state index contributed by atoms with van der Waals surface area (Å²) in [7, 11) is 0. The maximum atomic E-state index is 6.07. The molecular weight excluding hydrogens is 214 g/mol. The molecule has 0 aliphatic carbocycles. The Morgan fingerprint density at radius 2 is 1.83 bits per heavy atom. The molecule has 1 nitrogen and oxygen atoms in total. The molecule has 0 saturated heterocycles. The zero-order valence-corrected chi connectivity index (χ0v) is 9.06. The van der Waals surface area contributed by atoms with Crippen LogP contribution in [0.1, 0.15) is 25.8 Å². The standard InChI is InChI=1S/C10H14BrN/c1-3-10(2,12)8-4-6-9(11)7-5-8/h4-7H,3,12H2,1-2H3/t10-/m0/s1. The molecule has 0 unspecified atom stereocenters. The second kappa shape index (κ2) is 3.58. The lowest BCUT2D eigenvalue weighted by Gasteiger charge is -2.23. The molecule has 0 bridgehead atoms. The molecule has 0 heterocycles. The summed E-state index contributed by atoms with van der Waals surface area (Å²) in [6.07, 6.45) is 0.953. The molecule has 0 fully saturated rings. The van der Waals surface area contributed by atoms with Crippen molar-refractivity contribution in [3.8, 4) is 0 Å². The lowest BCUT2D eigenvalue weighted by Crippen LogP contribution is -2.31. The van der Waals surface area contributed by atoms with Gasteiger partial charge in [0.05, 0.1) is 0 Å². The van der Waals surface area contributed by atoms with E-state index in [1.165, 1.54) is 5.56 Å². The van der Waals surface area contributed by atoms with Crippen molar-refractivity contribution in [2.75, 3.05) is 0 Å². The smallest absolute Gasteiger partial charge is 0.0378 e. The molecule has 1 rings (SSSR count). The van der Waals surface area contributed by atoms with Crippen molar-refractivity contribution in [1.29, 1.82) is 0 Å². The summed E-state index contributed by atoms with van der Waals surface area (Å²) in [6, 6.07) is 8.17. The van der Waals surface area contributed by atoms with Gasteiger partial charge in [-0.3, -0.25) is 0 Å². The average molecular weight is 228 g/mol. The Balaban J connectivity index is 2.96. The first-order valence-electron chi connectivity index (χ1n) is 4.11. The highest BCUT2D eigenvalue weighted by atomic mass is 79.9. The predicted molar refractivity (Wildman–Crippen MR) is 56.0 cm³/mol. The fourth-order valence-electron chi connectivity index (χ4n) is 1.03. The fraction of sp³-hybridized carbons (Fsp3) is 0.400. The van der Waals surface area contributed by atoms with Gasteiger partial charge in [-0.2, -0.15) is 0 Å². The van der Waals surface area contributed by atoms with Gasteiger partial charge in [0, 0.05) is 10.0 Å². The number of benzene rings is 1. The summed E-state index contributed by atoms with van der Waals surface area (Å²) < 4.78 is 1.10. The molecule has 1 aromatic rings. The Morgan fingerprint density at radius 1 is 1.33 bits per heavy atom. The van der Waals surface area contributed by atoms with Gasteiger partial charge in [-0.25, -0.2) is 0 Å². The monoisotopic (exact) mass is 227 g/mol. The van der Waals surface area contributed by atoms with Crippen LogP contribution in [0.2, 0.25) is 0 Å². The molecular formula is C10H14BrN. The SMILES string of the molecule is CC[C@](C)(N)c1ccc(Br)cc1. The van der Waals surface area contributed by atoms with Gasteiger partial charge >= 0.3 is 0 Å². The molecule has 1 aromatic carbocycles. The van der Waals surface area contributed by atoms with Crippen LogP contribution in [0.4, 0.5) is 0 Å². The summed E-state index contributed by atoms with van der Waals surface area (Å²) in [6.45, 7) is 4.15. The van der Waals surface area contributed by atoms with Gasteiger partial charge in [-0.05, 0) is 31.0 Å². The van der Waals surface area contributed by atoms with Gasteiger partial charge in [0.1, 0.15) is 0 Å². The van der Waals surface area contributed by atoms with Crippen molar-refractivity contribution in [1.82, 2.24) is 0 Å². The second-order valence-corrected chi connectivity index (χ2v) is 4.19. The van der Waals surface area contributed by atoms with E-state index in [9.17, 15) is 0 Å². The number of hydrogen-bond acceptors (Lipinski definition) is 1. The number of halogens is 1. The summed E-state index contributed by atoms with van der Waals surface area (Å²) in [5.41, 5.74) is 7.07. The summed E-state index contributed by atoms with van der Waals surface area (Å²) >= 11 is 3.39. The Hall–Kier alpha value is -0.340. The molecule has 0 aliphatic rings. The van der Waals surface area contributed by atoms with Crippen LogP contribution >= 0.6 is 15.9 Å². The van der Waals surface area contributed by atoms with Crippen LogP contribution in [0.3, 0.4) is 0 Å². The van der Waals surface area contributed by atoms with E-state index >= 15 is 0 Å². The summed E-state index contributed by atoms with van der Waals surface area (Å²) in [4.78, 5) is 0. The van der Waals surface area contributed by atoms with Gasteiger partial charge in [-0.1, -0.05) is 35.0 Å². The molecule has 0 radical (unpaired) electrons. The predicted octanol–water partition coefficient (Wildman–Crippen LogP) is 3.03. The van der Waals surface area contributed by atoms with Crippen molar-refractivity contribution in [3.63, 3.8) is 0 Å². The summed E-state index contributed by atoms with van der Waals surface area (Å²) in [5, 5.41) is 0. The number of rotatable bonds is 2. The Labute approximate surface area is 82.1 Å². The van der Waals surface area contributed by atoms with E-state index in [-0.39, 0.29) is 5.54 Å². The van der Waals surface area contributed by atoms with E-state index in [2.05, 4.69) is 41.9 Å². The van der Waals surface area contributed by atoms with Gasteiger partial charge in [-0.15, -0.1) is 0 Å². The average Bonchev–Trinajstić information content (AvgIpc) is 2.05. The van der Waals surface area contributed by atoms with Gasteiger partial charge in [0.15, 0.2) is 0 Å². The normalized spacial score (nSPS) is 15.7. The third-order valence-electron chi connectivity index (χ3n) is 2.24. The Morgan fingerprint density at radius 3 is 2.25 bits per heavy atom. The zero-order chi connectivity index (χ0) is 9.19. The van der Waals surface area contributed by atoms with Crippen LogP contribution in [0, 0.1) is 0 Å². The maximum absolute atomic E-state index is 6.07. The Kier molecular flexibility index (Phi) is 2.91. The van der Waals surface area contributed by atoms with E-state index in [0.717, 1.165) is 10.9 Å². The van der Waals surface area contributed by atoms with Crippen LogP contribution in [0.5, 0.6) is 0 Å². The fourth-order valence-corrected chi connectivity index (χ4v) is 1.30. The minimum absolute atomic E-state index is 0.194. The highest BCUT2D eigenvalue weighted by molar-refractivity contribution is 9.10. The maximum Gasteiger partial charge on any atom is 0.0378 e. The van der Waals surface area contributed by atoms with E-state index in [1.807, 2.05) is 12.1 Å². The molecule has 12 heavy (non-hydrogen) atoms. The lowest BCUT2D eigenvalue weighted by atomic mass is 9.91. The molecule has 66 valence electrons. The molecule has 0 spiro atoms. The van der Waals surface area contributed by atoms with Crippen LogP contribution < -0.4 is 5.73 Å². The van der Waals surface area contributed by atoms with E-state index < -0.39 is 0 Å².